The lowest BCUT2D eigenvalue weighted by atomic mass is 9.90. The van der Waals surface area contributed by atoms with Gasteiger partial charge in [-0.15, -0.1) is 0 Å². The predicted molar refractivity (Wildman–Crippen MR) is 126 cm³/mol. The van der Waals surface area contributed by atoms with Gasteiger partial charge in [-0.2, -0.15) is 0 Å². The number of hydrogen-bond donors (Lipinski definition) is 0. The molecule has 1 unspecified atom stereocenters. The van der Waals surface area contributed by atoms with E-state index in [0.717, 1.165) is 50.3 Å². The molecule has 9 heteroatoms. The van der Waals surface area contributed by atoms with E-state index in [4.69, 9.17) is 4.74 Å². The van der Waals surface area contributed by atoms with E-state index in [1.165, 1.54) is 0 Å². The van der Waals surface area contributed by atoms with Crippen LogP contribution in [0.4, 0.5) is 23.2 Å². The van der Waals surface area contributed by atoms with Gasteiger partial charge in [-0.05, 0) is 50.5 Å². The fourth-order valence-electron chi connectivity index (χ4n) is 5.09. The second-order valence-corrected chi connectivity index (χ2v) is 11.5. The van der Waals surface area contributed by atoms with Crippen molar-refractivity contribution in [2.45, 2.75) is 63.6 Å². The maximum absolute atomic E-state index is 14.3. The van der Waals surface area contributed by atoms with Crippen LogP contribution in [0.2, 0.25) is 0 Å². The lowest BCUT2D eigenvalue weighted by Gasteiger charge is -2.39. The summed E-state index contributed by atoms with van der Waals surface area (Å²) >= 11 is 0. The average molecular weight is 512 g/mol. The molecule has 4 nitrogen and oxygen atoms in total. The first kappa shape index (κ1) is 25.5. The number of nitrogens with zero attached hydrogens (tertiary/aromatic N) is 1. The standard InChI is InChI=1S/C26H29F4NO3S/c1-4-11-31-16(3)34-26(18-7-5-6-8-18)19-12-17(9-10-21(19)31)13-35(32,33)14-20-24(29)22(27)15(2)23(28)25(20)30/h9-10,12,18,26H,3-8,11,13-14H2,1-2H3. The zero-order valence-corrected chi connectivity index (χ0v) is 20.7. The Balaban J connectivity index is 1.67. The largest absolute Gasteiger partial charge is 0.471 e. The number of ether oxygens (including phenoxy) is 1. The van der Waals surface area contributed by atoms with E-state index in [9.17, 15) is 26.0 Å². The van der Waals surface area contributed by atoms with Crippen molar-refractivity contribution >= 4 is 15.5 Å². The first-order chi connectivity index (χ1) is 16.5. The molecule has 1 heterocycles. The molecule has 0 saturated heterocycles. The second kappa shape index (κ2) is 9.84. The summed E-state index contributed by atoms with van der Waals surface area (Å²) < 4.78 is 88.4. The van der Waals surface area contributed by atoms with Gasteiger partial charge in [-0.1, -0.05) is 25.8 Å². The minimum Gasteiger partial charge on any atom is -0.471 e. The van der Waals surface area contributed by atoms with E-state index in [1.54, 1.807) is 12.1 Å². The molecule has 1 saturated carbocycles. The number of halogens is 4. The minimum absolute atomic E-state index is 0.258. The SMILES string of the molecule is C=C1OC(C2CCCC2)c2cc(CS(=O)(=O)Cc3c(F)c(F)c(C)c(F)c3F)ccc2N1CCC. The summed E-state index contributed by atoms with van der Waals surface area (Å²) in [6, 6.07) is 5.22. The van der Waals surface area contributed by atoms with Crippen LogP contribution in [0.15, 0.2) is 30.7 Å². The molecule has 0 bridgehead atoms. The molecule has 190 valence electrons. The Morgan fingerprint density at radius 3 is 2.26 bits per heavy atom. The van der Waals surface area contributed by atoms with E-state index in [0.29, 0.717) is 18.0 Å². The molecule has 2 aromatic carbocycles. The van der Waals surface area contributed by atoms with Gasteiger partial charge in [0, 0.05) is 29.2 Å². The zero-order chi connectivity index (χ0) is 25.5. The Bertz CT molecular complexity index is 1230. The maximum Gasteiger partial charge on any atom is 0.187 e. The molecule has 2 aromatic rings. The topological polar surface area (TPSA) is 46.6 Å². The van der Waals surface area contributed by atoms with Crippen molar-refractivity contribution < 1.29 is 30.7 Å². The number of anilines is 1. The van der Waals surface area contributed by atoms with E-state index < -0.39 is 55.7 Å². The average Bonchev–Trinajstić information content (AvgIpc) is 3.35. The summed E-state index contributed by atoms with van der Waals surface area (Å²) in [5, 5.41) is 0. The van der Waals surface area contributed by atoms with Crippen LogP contribution in [0.3, 0.4) is 0 Å². The van der Waals surface area contributed by atoms with Crippen molar-refractivity contribution in [3.63, 3.8) is 0 Å². The molecule has 0 aromatic heterocycles. The number of rotatable bonds is 7. The van der Waals surface area contributed by atoms with Crippen LogP contribution in [-0.4, -0.2) is 15.0 Å². The monoisotopic (exact) mass is 511 g/mol. The van der Waals surface area contributed by atoms with Gasteiger partial charge in [-0.3, -0.25) is 0 Å². The quantitative estimate of drug-likeness (QED) is 0.310. The van der Waals surface area contributed by atoms with Crippen molar-refractivity contribution in [2.75, 3.05) is 11.4 Å². The lowest BCUT2D eigenvalue weighted by Crippen LogP contribution is -2.33. The van der Waals surface area contributed by atoms with E-state index >= 15 is 0 Å². The molecule has 1 aliphatic heterocycles. The molecule has 1 atom stereocenters. The fraction of sp³-hybridized carbons (Fsp3) is 0.462. The van der Waals surface area contributed by atoms with Gasteiger partial charge >= 0.3 is 0 Å². The summed E-state index contributed by atoms with van der Waals surface area (Å²) in [6.45, 7) is 7.68. The Morgan fingerprint density at radius 1 is 1.03 bits per heavy atom. The van der Waals surface area contributed by atoms with Crippen LogP contribution in [0.25, 0.3) is 0 Å². The minimum atomic E-state index is -4.16. The summed E-state index contributed by atoms with van der Waals surface area (Å²) in [5.41, 5.74) is 0.220. The van der Waals surface area contributed by atoms with Crippen molar-refractivity contribution in [2.24, 2.45) is 5.92 Å². The Kier molecular flexibility index (Phi) is 7.18. The Morgan fingerprint density at radius 2 is 1.66 bits per heavy atom. The first-order valence-corrected chi connectivity index (χ1v) is 13.6. The van der Waals surface area contributed by atoms with Gasteiger partial charge in [0.15, 0.2) is 39.0 Å². The summed E-state index contributed by atoms with van der Waals surface area (Å²) in [6.07, 6.45) is 4.78. The van der Waals surface area contributed by atoms with Gasteiger partial charge < -0.3 is 9.64 Å². The highest BCUT2D eigenvalue weighted by atomic mass is 32.2. The zero-order valence-electron chi connectivity index (χ0n) is 19.8. The summed E-state index contributed by atoms with van der Waals surface area (Å²) in [7, 11) is -4.16. The highest BCUT2D eigenvalue weighted by molar-refractivity contribution is 7.89. The first-order valence-electron chi connectivity index (χ1n) is 11.8. The summed E-state index contributed by atoms with van der Waals surface area (Å²) in [4.78, 5) is 1.96. The highest BCUT2D eigenvalue weighted by Crippen LogP contribution is 2.47. The second-order valence-electron chi connectivity index (χ2n) is 9.41. The fourth-order valence-corrected chi connectivity index (χ4v) is 6.58. The number of sulfone groups is 1. The Hall–Kier alpha value is -2.55. The predicted octanol–water partition coefficient (Wildman–Crippen LogP) is 6.62. The third-order valence-corrected chi connectivity index (χ3v) is 8.35. The van der Waals surface area contributed by atoms with Gasteiger partial charge in [0.1, 0.15) is 6.10 Å². The molecule has 0 radical (unpaired) electrons. The highest BCUT2D eigenvalue weighted by Gasteiger charge is 2.36. The normalized spacial score (nSPS) is 18.6. The molecule has 2 aliphatic rings. The molecule has 4 rings (SSSR count). The summed E-state index contributed by atoms with van der Waals surface area (Å²) in [5.74, 6) is -7.39. The smallest absolute Gasteiger partial charge is 0.187 e. The molecular weight excluding hydrogens is 482 g/mol. The van der Waals surface area contributed by atoms with Crippen molar-refractivity contribution in [3.8, 4) is 0 Å². The molecule has 0 N–H and O–H groups in total. The number of fused-ring (bicyclic) bond motifs is 1. The van der Waals surface area contributed by atoms with Crippen LogP contribution in [0.1, 0.15) is 67.4 Å². The third-order valence-electron chi connectivity index (χ3n) is 6.85. The molecule has 0 amide bonds. The molecular formula is C26H29F4NO3S. The van der Waals surface area contributed by atoms with Crippen LogP contribution < -0.4 is 4.90 Å². The molecule has 1 aliphatic carbocycles. The van der Waals surface area contributed by atoms with Gasteiger partial charge in [0.05, 0.1) is 17.2 Å². The van der Waals surface area contributed by atoms with Gasteiger partial charge in [-0.25, -0.2) is 26.0 Å². The van der Waals surface area contributed by atoms with E-state index in [-0.39, 0.29) is 12.0 Å². The van der Waals surface area contributed by atoms with Crippen molar-refractivity contribution in [1.82, 2.24) is 0 Å². The number of hydrogen-bond acceptors (Lipinski definition) is 4. The third kappa shape index (κ3) is 4.92. The lowest BCUT2D eigenvalue weighted by molar-refractivity contribution is 0.0540. The van der Waals surface area contributed by atoms with Crippen LogP contribution >= 0.6 is 0 Å². The van der Waals surface area contributed by atoms with Gasteiger partial charge in [0.2, 0.25) is 0 Å². The van der Waals surface area contributed by atoms with Gasteiger partial charge in [0.25, 0.3) is 0 Å². The Labute approximate surface area is 203 Å². The van der Waals surface area contributed by atoms with Crippen LogP contribution in [0, 0.1) is 36.1 Å². The van der Waals surface area contributed by atoms with E-state index in [2.05, 4.69) is 6.58 Å². The molecule has 0 spiro atoms. The molecule has 1 fully saturated rings. The van der Waals surface area contributed by atoms with Crippen LogP contribution in [0.5, 0.6) is 0 Å². The maximum atomic E-state index is 14.3. The van der Waals surface area contributed by atoms with Crippen LogP contribution in [-0.2, 0) is 26.1 Å². The van der Waals surface area contributed by atoms with Crippen molar-refractivity contribution in [3.05, 3.63) is 76.2 Å². The molecule has 35 heavy (non-hydrogen) atoms. The van der Waals surface area contributed by atoms with Crippen molar-refractivity contribution in [1.29, 1.82) is 0 Å². The van der Waals surface area contributed by atoms with E-state index in [1.807, 2.05) is 17.9 Å². The number of benzene rings is 2.